The van der Waals surface area contributed by atoms with E-state index in [1.807, 2.05) is 18.2 Å². The van der Waals surface area contributed by atoms with Crippen LogP contribution >= 0.6 is 0 Å². The molecular weight excluding hydrogens is 264 g/mol. The molecule has 1 aromatic carbocycles. The Bertz CT molecular complexity index is 454. The molecule has 0 unspecified atom stereocenters. The molecule has 1 aromatic rings. The van der Waals surface area contributed by atoms with Gasteiger partial charge in [0.05, 0.1) is 13.5 Å². The van der Waals surface area contributed by atoms with Crippen LogP contribution in [0.3, 0.4) is 0 Å². The fourth-order valence-corrected chi connectivity index (χ4v) is 3.02. The molecular formula is C17H26N2O2. The van der Waals surface area contributed by atoms with Crippen molar-refractivity contribution in [2.75, 3.05) is 26.7 Å². The lowest BCUT2D eigenvalue weighted by Gasteiger charge is -2.32. The van der Waals surface area contributed by atoms with Gasteiger partial charge in [0.1, 0.15) is 0 Å². The first kappa shape index (κ1) is 16.0. The zero-order valence-corrected chi connectivity index (χ0v) is 12.9. The number of nitrogens with zero attached hydrogens (tertiary/aromatic N) is 1. The fraction of sp³-hybridized carbons (Fsp3) is 0.588. The molecule has 0 aliphatic carbocycles. The van der Waals surface area contributed by atoms with E-state index in [4.69, 9.17) is 10.5 Å². The van der Waals surface area contributed by atoms with E-state index in [0.717, 1.165) is 44.1 Å². The Morgan fingerprint density at radius 3 is 2.57 bits per heavy atom. The summed E-state index contributed by atoms with van der Waals surface area (Å²) < 4.78 is 4.78. The molecule has 1 aliphatic heterocycles. The summed E-state index contributed by atoms with van der Waals surface area (Å²) in [6.45, 7) is 3.96. The van der Waals surface area contributed by atoms with Crippen molar-refractivity contribution in [1.82, 2.24) is 4.90 Å². The molecule has 0 spiro atoms. The first-order valence-corrected chi connectivity index (χ1v) is 7.79. The van der Waals surface area contributed by atoms with Crippen molar-refractivity contribution in [3.63, 3.8) is 0 Å². The number of carbonyl (C=O) groups excluding carboxylic acids is 1. The number of methoxy groups -OCH3 is 1. The Hall–Kier alpha value is -1.39. The molecule has 1 saturated heterocycles. The van der Waals surface area contributed by atoms with E-state index in [0.29, 0.717) is 6.42 Å². The maximum absolute atomic E-state index is 11.5. The van der Waals surface area contributed by atoms with Gasteiger partial charge in [0.15, 0.2) is 0 Å². The van der Waals surface area contributed by atoms with Gasteiger partial charge in [-0.1, -0.05) is 24.3 Å². The van der Waals surface area contributed by atoms with Gasteiger partial charge in [0, 0.05) is 6.54 Å². The van der Waals surface area contributed by atoms with E-state index in [1.54, 1.807) is 0 Å². The van der Waals surface area contributed by atoms with E-state index in [9.17, 15) is 4.79 Å². The van der Waals surface area contributed by atoms with Gasteiger partial charge in [-0.2, -0.15) is 0 Å². The zero-order valence-electron chi connectivity index (χ0n) is 12.9. The molecule has 2 rings (SSSR count). The third kappa shape index (κ3) is 4.83. The highest BCUT2D eigenvalue weighted by Crippen LogP contribution is 2.22. The number of likely N-dealkylation sites (tertiary alicyclic amines) is 1. The zero-order chi connectivity index (χ0) is 15.1. The van der Waals surface area contributed by atoms with Crippen LogP contribution in [0.1, 0.15) is 30.4 Å². The van der Waals surface area contributed by atoms with Crippen LogP contribution in [0.25, 0.3) is 0 Å². The molecule has 4 nitrogen and oxygen atoms in total. The van der Waals surface area contributed by atoms with Gasteiger partial charge in [-0.25, -0.2) is 0 Å². The van der Waals surface area contributed by atoms with Crippen molar-refractivity contribution in [3.05, 3.63) is 35.4 Å². The molecule has 4 heteroatoms. The Kier molecular flexibility index (Phi) is 6.21. The lowest BCUT2D eigenvalue weighted by molar-refractivity contribution is -0.139. The van der Waals surface area contributed by atoms with Gasteiger partial charge in [-0.3, -0.25) is 9.69 Å². The second-order valence-corrected chi connectivity index (χ2v) is 5.82. The third-order valence-electron chi connectivity index (χ3n) is 4.36. The van der Waals surface area contributed by atoms with Crippen molar-refractivity contribution in [2.45, 2.75) is 32.2 Å². The summed E-state index contributed by atoms with van der Waals surface area (Å²) in [7, 11) is 1.44. The van der Waals surface area contributed by atoms with E-state index in [1.165, 1.54) is 25.5 Å². The first-order valence-electron chi connectivity index (χ1n) is 7.79. The highest BCUT2D eigenvalue weighted by molar-refractivity contribution is 5.72. The number of ether oxygens (including phenoxy) is 1. The maximum atomic E-state index is 11.5. The monoisotopic (exact) mass is 290 g/mol. The Morgan fingerprint density at radius 2 is 1.95 bits per heavy atom. The van der Waals surface area contributed by atoms with Crippen LogP contribution in [-0.4, -0.2) is 37.6 Å². The Morgan fingerprint density at radius 1 is 1.29 bits per heavy atom. The summed E-state index contributed by atoms with van der Waals surface area (Å²) in [5.41, 5.74) is 7.95. The molecule has 0 saturated carbocycles. The summed E-state index contributed by atoms with van der Waals surface area (Å²) >= 11 is 0. The van der Waals surface area contributed by atoms with Crippen LogP contribution in [-0.2, 0) is 22.5 Å². The summed E-state index contributed by atoms with van der Waals surface area (Å²) in [5, 5.41) is 0. The van der Waals surface area contributed by atoms with E-state index in [2.05, 4.69) is 11.0 Å². The minimum atomic E-state index is -0.177. The van der Waals surface area contributed by atoms with Crippen LogP contribution in [0.15, 0.2) is 24.3 Å². The SMILES string of the molecule is COC(=O)Cc1ccccc1CN1CCC(CCN)CC1. The number of piperidine rings is 1. The largest absolute Gasteiger partial charge is 0.469 e. The van der Waals surface area contributed by atoms with Crippen LogP contribution in [0.2, 0.25) is 0 Å². The van der Waals surface area contributed by atoms with Crippen molar-refractivity contribution >= 4 is 5.97 Å². The fourth-order valence-electron chi connectivity index (χ4n) is 3.02. The lowest BCUT2D eigenvalue weighted by Crippen LogP contribution is -2.34. The molecule has 0 radical (unpaired) electrons. The van der Waals surface area contributed by atoms with Gasteiger partial charge in [-0.05, 0) is 55.9 Å². The minimum Gasteiger partial charge on any atom is -0.469 e. The molecule has 21 heavy (non-hydrogen) atoms. The summed E-state index contributed by atoms with van der Waals surface area (Å²) in [5.74, 6) is 0.612. The molecule has 1 aliphatic rings. The summed E-state index contributed by atoms with van der Waals surface area (Å²) in [4.78, 5) is 14.0. The van der Waals surface area contributed by atoms with Crippen LogP contribution < -0.4 is 5.73 Å². The molecule has 0 atom stereocenters. The number of esters is 1. The third-order valence-corrected chi connectivity index (χ3v) is 4.36. The van der Waals surface area contributed by atoms with E-state index >= 15 is 0 Å². The van der Waals surface area contributed by atoms with Crippen LogP contribution in [0, 0.1) is 5.92 Å². The number of hydrogen-bond donors (Lipinski definition) is 1. The molecule has 1 heterocycles. The molecule has 0 aromatic heterocycles. The van der Waals surface area contributed by atoms with Gasteiger partial charge in [-0.15, -0.1) is 0 Å². The number of nitrogens with two attached hydrogens (primary N) is 1. The lowest BCUT2D eigenvalue weighted by atomic mass is 9.93. The van der Waals surface area contributed by atoms with Gasteiger partial charge < -0.3 is 10.5 Å². The van der Waals surface area contributed by atoms with Crippen molar-refractivity contribution in [3.8, 4) is 0 Å². The number of rotatable bonds is 6. The van der Waals surface area contributed by atoms with E-state index < -0.39 is 0 Å². The van der Waals surface area contributed by atoms with E-state index in [-0.39, 0.29) is 5.97 Å². The quantitative estimate of drug-likeness (QED) is 0.814. The standard InChI is InChI=1S/C17H26N2O2/c1-21-17(20)12-15-4-2-3-5-16(15)13-19-10-7-14(6-9-18)8-11-19/h2-5,14H,6-13,18H2,1H3. The second kappa shape index (κ2) is 8.15. The molecule has 1 fully saturated rings. The molecule has 0 bridgehead atoms. The average molecular weight is 290 g/mol. The van der Waals surface area contributed by atoms with Crippen molar-refractivity contribution in [1.29, 1.82) is 0 Å². The molecule has 116 valence electrons. The second-order valence-electron chi connectivity index (χ2n) is 5.82. The average Bonchev–Trinajstić information content (AvgIpc) is 2.51. The number of benzene rings is 1. The van der Waals surface area contributed by atoms with Gasteiger partial charge in [0.2, 0.25) is 0 Å². The van der Waals surface area contributed by atoms with Crippen LogP contribution in [0.5, 0.6) is 0 Å². The van der Waals surface area contributed by atoms with Crippen LogP contribution in [0.4, 0.5) is 0 Å². The molecule has 2 N–H and O–H groups in total. The number of hydrogen-bond acceptors (Lipinski definition) is 4. The summed E-state index contributed by atoms with van der Waals surface area (Å²) in [6.07, 6.45) is 3.97. The highest BCUT2D eigenvalue weighted by Gasteiger charge is 2.19. The minimum absolute atomic E-state index is 0.177. The molecule has 0 amide bonds. The van der Waals surface area contributed by atoms with Gasteiger partial charge in [0.25, 0.3) is 0 Å². The summed E-state index contributed by atoms with van der Waals surface area (Å²) in [6, 6.07) is 8.16. The highest BCUT2D eigenvalue weighted by atomic mass is 16.5. The maximum Gasteiger partial charge on any atom is 0.309 e. The predicted octanol–water partition coefficient (Wildman–Crippen LogP) is 1.96. The first-order chi connectivity index (χ1) is 10.2. The predicted molar refractivity (Wildman–Crippen MR) is 83.8 cm³/mol. The Balaban J connectivity index is 1.92. The normalized spacial score (nSPS) is 16.9. The topological polar surface area (TPSA) is 55.6 Å². The smallest absolute Gasteiger partial charge is 0.309 e. The van der Waals surface area contributed by atoms with Crippen molar-refractivity contribution in [2.24, 2.45) is 11.7 Å². The van der Waals surface area contributed by atoms with Gasteiger partial charge >= 0.3 is 5.97 Å². The van der Waals surface area contributed by atoms with Crippen molar-refractivity contribution < 1.29 is 9.53 Å². The Labute approximate surface area is 127 Å². The number of carbonyl (C=O) groups is 1.